The summed E-state index contributed by atoms with van der Waals surface area (Å²) in [5.74, 6) is 5.79. The molecule has 0 amide bonds. The Morgan fingerprint density at radius 2 is 1.95 bits per heavy atom. The molecule has 0 aliphatic heterocycles. The first-order valence-corrected chi connectivity index (χ1v) is 9.17. The van der Waals surface area contributed by atoms with E-state index >= 15 is 0 Å². The van der Waals surface area contributed by atoms with Gasteiger partial charge in [-0.2, -0.15) is 0 Å². The summed E-state index contributed by atoms with van der Waals surface area (Å²) in [7, 11) is -4.65. The van der Waals surface area contributed by atoms with Gasteiger partial charge >= 0.3 is 0 Å². The van der Waals surface area contributed by atoms with Crippen LogP contribution < -0.4 is 10.5 Å². The topological polar surface area (TPSA) is 89.3 Å². The van der Waals surface area contributed by atoms with Crippen molar-refractivity contribution in [3.63, 3.8) is 0 Å². The smallest absolute Gasteiger partial charge is 0.240 e. The van der Waals surface area contributed by atoms with Crippen LogP contribution in [-0.4, -0.2) is 37.2 Å². The monoisotopic (exact) mass is 314 g/mol. The van der Waals surface area contributed by atoms with Crippen LogP contribution in [0.1, 0.15) is 12.5 Å². The van der Waals surface area contributed by atoms with Crippen molar-refractivity contribution in [3.8, 4) is 11.8 Å². The number of rotatable bonds is 5. The third-order valence-electron chi connectivity index (χ3n) is 2.34. The van der Waals surface area contributed by atoms with Crippen molar-refractivity contribution >= 4 is 20.8 Å². The first-order chi connectivity index (χ1) is 9.35. The molecule has 0 saturated heterocycles. The molecule has 1 rings (SSSR count). The maximum absolute atomic E-state index is 12.1. The predicted octanol–water partition coefficient (Wildman–Crippen LogP) is 0.0421. The summed E-state index contributed by atoms with van der Waals surface area (Å²) in [4.78, 5) is 0.157. The van der Waals surface area contributed by atoms with Gasteiger partial charge in [-0.05, 0) is 31.2 Å². The zero-order valence-corrected chi connectivity index (χ0v) is 13.1. The van der Waals surface area contributed by atoms with E-state index in [1.165, 1.54) is 18.4 Å². The summed E-state index contributed by atoms with van der Waals surface area (Å²) in [6, 6.07) is 5.83. The second-order valence-corrected chi connectivity index (χ2v) is 7.49. The fourth-order valence-corrected chi connectivity index (χ4v) is 3.73. The fourth-order valence-electron chi connectivity index (χ4n) is 1.59. The highest BCUT2D eigenvalue weighted by Crippen LogP contribution is 2.10. The van der Waals surface area contributed by atoms with E-state index in [-0.39, 0.29) is 23.2 Å². The highest BCUT2D eigenvalue weighted by molar-refractivity contribution is 7.89. The number of hydrogen-bond donors (Lipinski definition) is 2. The van der Waals surface area contributed by atoms with Crippen molar-refractivity contribution in [1.29, 1.82) is 0 Å². The number of nitrogens with two attached hydrogens (primary N) is 1. The molecule has 0 aliphatic carbocycles. The Bertz CT molecular complexity index is 628. The van der Waals surface area contributed by atoms with E-state index in [4.69, 9.17) is 5.73 Å². The molecular weight excluding hydrogens is 296 g/mol. The van der Waals surface area contributed by atoms with Gasteiger partial charge in [0.05, 0.1) is 11.4 Å². The molecule has 2 unspecified atom stereocenters. The predicted molar refractivity (Wildman–Crippen MR) is 81.1 cm³/mol. The number of hydrogen-bond acceptors (Lipinski definition) is 4. The highest BCUT2D eigenvalue weighted by Gasteiger charge is 2.17. The van der Waals surface area contributed by atoms with E-state index in [9.17, 15) is 12.6 Å². The molecule has 0 bridgehead atoms. The van der Waals surface area contributed by atoms with E-state index in [1.54, 1.807) is 19.1 Å². The Kier molecular flexibility index (Phi) is 6.36. The van der Waals surface area contributed by atoms with Crippen molar-refractivity contribution in [2.24, 2.45) is 5.73 Å². The molecule has 1 aromatic rings. The van der Waals surface area contributed by atoms with Crippen LogP contribution in [0.25, 0.3) is 0 Å². The summed E-state index contributed by atoms with van der Waals surface area (Å²) in [5.41, 5.74) is 5.97. The average Bonchev–Trinajstić information content (AvgIpc) is 2.35. The van der Waals surface area contributed by atoms with Gasteiger partial charge < -0.3 is 5.73 Å². The molecule has 0 spiro atoms. The molecule has 3 N–H and O–H groups in total. The molecule has 1 aromatic carbocycles. The average molecular weight is 314 g/mol. The van der Waals surface area contributed by atoms with E-state index in [0.717, 1.165) is 0 Å². The van der Waals surface area contributed by atoms with Crippen LogP contribution in [0, 0.1) is 11.8 Å². The standard InChI is InChI=1S/C13H18N2O3S2/c1-11(10-19(2)16)15-20(17,18)13-7-5-12(6-8-13)4-3-9-14/h5-8,11,15H,9-10,14H2,1-2H3. The number of benzene rings is 1. The molecule has 0 aromatic heterocycles. The lowest BCUT2D eigenvalue weighted by Crippen LogP contribution is -2.36. The molecule has 5 nitrogen and oxygen atoms in total. The lowest BCUT2D eigenvalue weighted by molar-refractivity contribution is 0.570. The molecule has 2 atom stereocenters. The van der Waals surface area contributed by atoms with Gasteiger partial charge in [0.1, 0.15) is 0 Å². The molecule has 0 saturated carbocycles. The zero-order valence-electron chi connectivity index (χ0n) is 11.4. The minimum Gasteiger partial charge on any atom is -0.320 e. The van der Waals surface area contributed by atoms with Crippen molar-refractivity contribution in [1.82, 2.24) is 4.72 Å². The minimum atomic E-state index is -3.60. The molecule has 0 heterocycles. The Hall–Kier alpha value is -1.20. The lowest BCUT2D eigenvalue weighted by atomic mass is 10.2. The fraction of sp³-hybridized carbons (Fsp3) is 0.385. The molecule has 110 valence electrons. The van der Waals surface area contributed by atoms with E-state index in [1.807, 2.05) is 0 Å². The van der Waals surface area contributed by atoms with Crippen LogP contribution in [0.2, 0.25) is 0 Å². The normalized spacial score (nSPS) is 14.2. The van der Waals surface area contributed by atoms with E-state index in [0.29, 0.717) is 5.56 Å². The minimum absolute atomic E-state index is 0.157. The third-order valence-corrected chi connectivity index (χ3v) is 4.92. The van der Waals surface area contributed by atoms with Crippen LogP contribution in [-0.2, 0) is 20.8 Å². The maximum Gasteiger partial charge on any atom is 0.240 e. The van der Waals surface area contributed by atoms with Crippen molar-refractivity contribution in [2.75, 3.05) is 18.6 Å². The Balaban J connectivity index is 2.85. The molecule has 0 aliphatic rings. The third kappa shape index (κ3) is 5.43. The van der Waals surface area contributed by atoms with Crippen LogP contribution in [0.3, 0.4) is 0 Å². The first kappa shape index (κ1) is 16.9. The summed E-state index contributed by atoms with van der Waals surface area (Å²) in [6.45, 7) is 1.94. The van der Waals surface area contributed by atoms with Crippen molar-refractivity contribution < 1.29 is 12.6 Å². The van der Waals surface area contributed by atoms with Gasteiger partial charge in [-0.25, -0.2) is 13.1 Å². The van der Waals surface area contributed by atoms with Gasteiger partial charge in [-0.3, -0.25) is 4.21 Å². The van der Waals surface area contributed by atoms with Gasteiger partial charge in [0, 0.05) is 34.4 Å². The summed E-state index contributed by atoms with van der Waals surface area (Å²) in [5, 5.41) is 0. The molecule has 0 fully saturated rings. The quantitative estimate of drug-likeness (QED) is 0.751. The van der Waals surface area contributed by atoms with Crippen LogP contribution in [0.15, 0.2) is 29.2 Å². The second kappa shape index (κ2) is 7.55. The van der Waals surface area contributed by atoms with Gasteiger partial charge in [0.2, 0.25) is 10.0 Å². The van der Waals surface area contributed by atoms with Gasteiger partial charge in [-0.15, -0.1) is 0 Å². The Morgan fingerprint density at radius 1 is 1.35 bits per heavy atom. The Morgan fingerprint density at radius 3 is 2.45 bits per heavy atom. The summed E-state index contributed by atoms with van der Waals surface area (Å²) < 4.78 is 37.7. The summed E-state index contributed by atoms with van der Waals surface area (Å²) >= 11 is 0. The van der Waals surface area contributed by atoms with Gasteiger partial charge in [0.25, 0.3) is 0 Å². The molecular formula is C13H18N2O3S2. The van der Waals surface area contributed by atoms with Gasteiger partial charge in [-0.1, -0.05) is 11.8 Å². The molecule has 20 heavy (non-hydrogen) atoms. The first-order valence-electron chi connectivity index (χ1n) is 5.96. The zero-order chi connectivity index (χ0) is 15.2. The van der Waals surface area contributed by atoms with Crippen LogP contribution in [0.4, 0.5) is 0 Å². The second-order valence-electron chi connectivity index (χ2n) is 4.29. The lowest BCUT2D eigenvalue weighted by Gasteiger charge is -2.12. The van der Waals surface area contributed by atoms with Crippen molar-refractivity contribution in [2.45, 2.75) is 17.9 Å². The largest absolute Gasteiger partial charge is 0.320 e. The molecule has 7 heteroatoms. The van der Waals surface area contributed by atoms with Crippen molar-refractivity contribution in [3.05, 3.63) is 29.8 Å². The van der Waals surface area contributed by atoms with Gasteiger partial charge in [0.15, 0.2) is 0 Å². The highest BCUT2D eigenvalue weighted by atomic mass is 32.2. The van der Waals surface area contributed by atoms with E-state index < -0.39 is 20.8 Å². The summed E-state index contributed by atoms with van der Waals surface area (Å²) in [6.07, 6.45) is 1.54. The van der Waals surface area contributed by atoms with Crippen LogP contribution in [0.5, 0.6) is 0 Å². The van der Waals surface area contributed by atoms with E-state index in [2.05, 4.69) is 16.6 Å². The number of sulfonamides is 1. The van der Waals surface area contributed by atoms with Crippen LogP contribution >= 0.6 is 0 Å². The molecule has 0 radical (unpaired) electrons. The number of nitrogens with one attached hydrogen (secondary N) is 1. The SMILES string of the molecule is CC(CS(C)=O)NS(=O)(=O)c1ccc(C#CCN)cc1. The Labute approximate surface area is 122 Å². The maximum atomic E-state index is 12.1.